The summed E-state index contributed by atoms with van der Waals surface area (Å²) in [5, 5.41) is 1.49. The lowest BCUT2D eigenvalue weighted by atomic mass is 9.97. The third-order valence-corrected chi connectivity index (χ3v) is 8.83. The topological polar surface area (TPSA) is 58.4 Å². The Kier molecular flexibility index (Phi) is 6.85. The van der Waals surface area contributed by atoms with Crippen LogP contribution in [0.1, 0.15) is 28.8 Å². The summed E-state index contributed by atoms with van der Waals surface area (Å²) in [6, 6.07) is 10.2. The fourth-order valence-electron chi connectivity index (χ4n) is 4.69. The van der Waals surface area contributed by atoms with Crippen LogP contribution >= 0.6 is 23.1 Å². The highest BCUT2D eigenvalue weighted by Gasteiger charge is 2.24. The monoisotopic (exact) mass is 482 g/mol. The third kappa shape index (κ3) is 4.88. The van der Waals surface area contributed by atoms with E-state index in [1.54, 1.807) is 11.3 Å². The first-order chi connectivity index (χ1) is 16.1. The first-order valence-corrected chi connectivity index (χ1v) is 13.6. The maximum absolute atomic E-state index is 13.7. The number of carbonyl (C=O) groups is 1. The Labute approximate surface area is 202 Å². The van der Waals surface area contributed by atoms with E-state index in [4.69, 9.17) is 4.98 Å². The molecule has 8 heteroatoms. The minimum Gasteiger partial charge on any atom is -0.339 e. The molecule has 3 heterocycles. The lowest BCUT2D eigenvalue weighted by molar-refractivity contribution is -0.129. The van der Waals surface area contributed by atoms with Crippen LogP contribution < -0.4 is 5.56 Å². The maximum atomic E-state index is 13.7. The summed E-state index contributed by atoms with van der Waals surface area (Å²) >= 11 is 3.09. The molecular formula is C25H30N4O2S2. The van der Waals surface area contributed by atoms with Crippen molar-refractivity contribution in [3.63, 3.8) is 0 Å². The number of thiophene rings is 1. The van der Waals surface area contributed by atoms with Crippen LogP contribution in [0, 0.1) is 0 Å². The van der Waals surface area contributed by atoms with Crippen LogP contribution in [0.5, 0.6) is 0 Å². The van der Waals surface area contributed by atoms with Gasteiger partial charge in [0.05, 0.1) is 11.1 Å². The maximum Gasteiger partial charge on any atom is 0.263 e. The molecule has 0 saturated carbocycles. The van der Waals surface area contributed by atoms with Gasteiger partial charge in [0.15, 0.2) is 5.16 Å². The van der Waals surface area contributed by atoms with Crippen molar-refractivity contribution in [2.75, 3.05) is 39.0 Å². The quantitative estimate of drug-likeness (QED) is 0.398. The summed E-state index contributed by atoms with van der Waals surface area (Å²) < 4.78 is 1.82. The minimum absolute atomic E-state index is 0.0601. The van der Waals surface area contributed by atoms with Gasteiger partial charge in [0, 0.05) is 37.6 Å². The fraction of sp³-hybridized carbons (Fsp3) is 0.480. The Bertz CT molecular complexity index is 1200. The molecule has 2 aliphatic rings. The smallest absolute Gasteiger partial charge is 0.263 e. The second-order valence-electron chi connectivity index (χ2n) is 8.95. The molecule has 1 aliphatic heterocycles. The predicted octanol–water partition coefficient (Wildman–Crippen LogP) is 3.45. The Balaban J connectivity index is 1.43. The summed E-state index contributed by atoms with van der Waals surface area (Å²) in [7, 11) is 2.09. The van der Waals surface area contributed by atoms with E-state index in [1.807, 2.05) is 27.7 Å². The Hall–Kier alpha value is -2.16. The van der Waals surface area contributed by atoms with Gasteiger partial charge < -0.3 is 9.80 Å². The van der Waals surface area contributed by atoms with Gasteiger partial charge in [-0.05, 0) is 50.3 Å². The molecule has 6 nitrogen and oxygen atoms in total. The van der Waals surface area contributed by atoms with Gasteiger partial charge >= 0.3 is 0 Å². The van der Waals surface area contributed by atoms with E-state index in [2.05, 4.69) is 24.1 Å². The number of hydrogen-bond acceptors (Lipinski definition) is 6. The van der Waals surface area contributed by atoms with Crippen molar-refractivity contribution in [3.05, 3.63) is 56.7 Å². The van der Waals surface area contributed by atoms with Gasteiger partial charge in [-0.1, -0.05) is 42.1 Å². The lowest BCUT2D eigenvalue weighted by Crippen LogP contribution is -2.47. The van der Waals surface area contributed by atoms with Gasteiger partial charge in [0.2, 0.25) is 5.91 Å². The number of piperazine rings is 1. The molecule has 5 rings (SSSR count). The molecule has 0 bridgehead atoms. The van der Waals surface area contributed by atoms with Gasteiger partial charge in [-0.2, -0.15) is 0 Å². The molecule has 0 radical (unpaired) electrons. The van der Waals surface area contributed by atoms with Gasteiger partial charge in [-0.25, -0.2) is 4.98 Å². The minimum atomic E-state index is 0.0601. The Morgan fingerprint density at radius 1 is 1.09 bits per heavy atom. The summed E-state index contributed by atoms with van der Waals surface area (Å²) in [6.45, 7) is 3.91. The number of aromatic nitrogens is 2. The van der Waals surface area contributed by atoms with Crippen molar-refractivity contribution >= 4 is 39.2 Å². The number of fused-ring (bicyclic) bond motifs is 3. The largest absolute Gasteiger partial charge is 0.339 e. The molecule has 1 fully saturated rings. The predicted molar refractivity (Wildman–Crippen MR) is 135 cm³/mol. The molecule has 0 spiro atoms. The van der Waals surface area contributed by atoms with E-state index >= 15 is 0 Å². The molecule has 3 aromatic rings. The third-order valence-electron chi connectivity index (χ3n) is 6.69. The summed E-state index contributed by atoms with van der Waals surface area (Å²) in [5.41, 5.74) is 2.48. The van der Waals surface area contributed by atoms with Crippen LogP contribution in [-0.4, -0.2) is 64.2 Å². The molecule has 2 aromatic heterocycles. The van der Waals surface area contributed by atoms with Crippen molar-refractivity contribution in [1.29, 1.82) is 0 Å². The highest BCUT2D eigenvalue weighted by Crippen LogP contribution is 2.34. The number of thioether (sulfide) groups is 1. The van der Waals surface area contributed by atoms with E-state index in [0.717, 1.165) is 62.1 Å². The van der Waals surface area contributed by atoms with Crippen molar-refractivity contribution in [2.24, 2.45) is 0 Å². The average molecular weight is 483 g/mol. The zero-order valence-electron chi connectivity index (χ0n) is 19.1. The number of likely N-dealkylation sites (N-methyl/N-ethyl adjacent to an activating group) is 1. The summed E-state index contributed by atoms with van der Waals surface area (Å²) in [6.07, 6.45) is 5.10. The number of amides is 1. The van der Waals surface area contributed by atoms with Crippen molar-refractivity contribution in [3.8, 4) is 0 Å². The van der Waals surface area contributed by atoms with Crippen LogP contribution in [0.4, 0.5) is 0 Å². The van der Waals surface area contributed by atoms with Crippen molar-refractivity contribution in [1.82, 2.24) is 19.4 Å². The van der Waals surface area contributed by atoms with Crippen LogP contribution in [0.2, 0.25) is 0 Å². The standard InChI is InChI=1S/C25H30N4O2S2/c1-27-13-15-28(16-14-27)21(30)17-32-25-26-23-22(19-9-5-6-10-20(19)33-23)24(31)29(25)12-11-18-7-3-2-4-8-18/h2-4,7-8H,5-6,9-17H2,1H3. The fourth-order valence-corrected chi connectivity index (χ4v) is 6.92. The van der Waals surface area contributed by atoms with Gasteiger partial charge in [-0.3, -0.25) is 14.2 Å². The second kappa shape index (κ2) is 9.99. The Morgan fingerprint density at radius 3 is 2.64 bits per heavy atom. The number of carbonyl (C=O) groups excluding carboxylic acids is 1. The zero-order valence-corrected chi connectivity index (χ0v) is 20.7. The van der Waals surface area contributed by atoms with Gasteiger partial charge in [0.25, 0.3) is 5.56 Å². The highest BCUT2D eigenvalue weighted by atomic mass is 32.2. The van der Waals surface area contributed by atoms with Crippen LogP contribution in [-0.2, 0) is 30.6 Å². The van der Waals surface area contributed by atoms with E-state index in [1.165, 1.54) is 34.2 Å². The normalized spacial score (nSPS) is 16.8. The van der Waals surface area contributed by atoms with E-state index in [0.29, 0.717) is 17.5 Å². The average Bonchev–Trinajstić information content (AvgIpc) is 3.22. The number of aryl methyl sites for hydroxylation is 3. The number of benzene rings is 1. The molecule has 1 aromatic carbocycles. The summed E-state index contributed by atoms with van der Waals surface area (Å²) in [4.78, 5) is 37.8. The summed E-state index contributed by atoms with van der Waals surface area (Å²) in [5.74, 6) is 0.445. The molecule has 33 heavy (non-hydrogen) atoms. The number of rotatable bonds is 6. The zero-order chi connectivity index (χ0) is 22.8. The molecule has 1 amide bonds. The number of hydrogen-bond donors (Lipinski definition) is 0. The molecule has 174 valence electrons. The van der Waals surface area contributed by atoms with Crippen molar-refractivity contribution in [2.45, 2.75) is 43.8 Å². The number of nitrogens with zero attached hydrogens (tertiary/aromatic N) is 4. The van der Waals surface area contributed by atoms with Gasteiger partial charge in [0.1, 0.15) is 4.83 Å². The van der Waals surface area contributed by atoms with Crippen molar-refractivity contribution < 1.29 is 4.79 Å². The SMILES string of the molecule is CN1CCN(C(=O)CSc2nc3sc4c(c3c(=O)n2CCc2ccccc2)CCCC4)CC1. The van der Waals surface area contributed by atoms with Gasteiger partial charge in [-0.15, -0.1) is 11.3 Å². The van der Waals surface area contributed by atoms with E-state index in [-0.39, 0.29) is 11.5 Å². The molecule has 0 atom stereocenters. The first-order valence-electron chi connectivity index (χ1n) is 11.8. The molecule has 0 unspecified atom stereocenters. The Morgan fingerprint density at radius 2 is 1.85 bits per heavy atom. The van der Waals surface area contributed by atoms with Crippen LogP contribution in [0.3, 0.4) is 0 Å². The first kappa shape index (κ1) is 22.6. The van der Waals surface area contributed by atoms with E-state index in [9.17, 15) is 9.59 Å². The molecule has 0 N–H and O–H groups in total. The highest BCUT2D eigenvalue weighted by molar-refractivity contribution is 7.99. The second-order valence-corrected chi connectivity index (χ2v) is 11.0. The molecule has 1 aliphatic carbocycles. The van der Waals surface area contributed by atoms with E-state index < -0.39 is 0 Å². The van der Waals surface area contributed by atoms with Crippen LogP contribution in [0.15, 0.2) is 40.3 Å². The van der Waals surface area contributed by atoms with Crippen LogP contribution in [0.25, 0.3) is 10.2 Å². The molecule has 1 saturated heterocycles. The molecular weight excluding hydrogens is 452 g/mol. The lowest BCUT2D eigenvalue weighted by Gasteiger charge is -2.32.